The van der Waals surface area contributed by atoms with E-state index in [1.807, 2.05) is 0 Å². The van der Waals surface area contributed by atoms with Crippen molar-refractivity contribution in [1.29, 1.82) is 0 Å². The van der Waals surface area contributed by atoms with E-state index in [1.165, 1.54) is 0 Å². The van der Waals surface area contributed by atoms with Crippen LogP contribution in [-0.2, 0) is 0 Å². The highest BCUT2D eigenvalue weighted by Crippen LogP contribution is 1.91. The molecular formula is C9H18N2. The Morgan fingerprint density at radius 2 is 2.18 bits per heavy atom. The number of nitrogens with one attached hydrogen (secondary N) is 1. The summed E-state index contributed by atoms with van der Waals surface area (Å²) in [4.78, 5) is 2.14. The zero-order valence-electron chi connectivity index (χ0n) is 7.72. The molecule has 0 aromatic carbocycles. The highest BCUT2D eigenvalue weighted by molar-refractivity contribution is 4.90. The quantitative estimate of drug-likeness (QED) is 0.582. The van der Waals surface area contributed by atoms with E-state index in [2.05, 4.69) is 37.2 Å². The third-order valence-electron chi connectivity index (χ3n) is 1.44. The van der Waals surface area contributed by atoms with Gasteiger partial charge in [-0.15, -0.1) is 12.3 Å². The summed E-state index contributed by atoms with van der Waals surface area (Å²) in [6.07, 6.45) is 6.04. The van der Waals surface area contributed by atoms with Gasteiger partial charge in [0.1, 0.15) is 0 Å². The first kappa shape index (κ1) is 10.5. The molecule has 0 spiro atoms. The van der Waals surface area contributed by atoms with Crippen LogP contribution in [0.15, 0.2) is 0 Å². The van der Waals surface area contributed by atoms with Crippen molar-refractivity contribution in [1.82, 2.24) is 10.2 Å². The lowest BCUT2D eigenvalue weighted by Gasteiger charge is -2.19. The topological polar surface area (TPSA) is 15.3 Å². The molecule has 2 nitrogen and oxygen atoms in total. The minimum atomic E-state index is 0.444. The first-order valence-electron chi connectivity index (χ1n) is 4.02. The van der Waals surface area contributed by atoms with Crippen LogP contribution in [0, 0.1) is 12.3 Å². The molecular weight excluding hydrogens is 136 g/mol. The van der Waals surface area contributed by atoms with Gasteiger partial charge in [0.05, 0.1) is 0 Å². The second-order valence-corrected chi connectivity index (χ2v) is 2.93. The number of terminal acetylenes is 1. The molecule has 0 saturated carbocycles. The van der Waals surface area contributed by atoms with E-state index >= 15 is 0 Å². The Kier molecular flexibility index (Phi) is 5.91. The van der Waals surface area contributed by atoms with Gasteiger partial charge >= 0.3 is 0 Å². The van der Waals surface area contributed by atoms with Crippen LogP contribution in [0.4, 0.5) is 0 Å². The van der Waals surface area contributed by atoms with E-state index in [9.17, 15) is 0 Å². The molecule has 0 heterocycles. The normalized spacial score (nSPS) is 13.0. The molecule has 0 aliphatic rings. The second kappa shape index (κ2) is 6.21. The summed E-state index contributed by atoms with van der Waals surface area (Å²) in [5.41, 5.74) is 0. The van der Waals surface area contributed by atoms with Crippen molar-refractivity contribution in [3.8, 4) is 12.3 Å². The first-order chi connectivity index (χ1) is 5.20. The van der Waals surface area contributed by atoms with Crippen molar-refractivity contribution in [2.45, 2.75) is 19.4 Å². The number of hydrogen-bond acceptors (Lipinski definition) is 2. The molecule has 2 heteroatoms. The molecule has 0 aliphatic carbocycles. The molecule has 0 amide bonds. The van der Waals surface area contributed by atoms with Gasteiger partial charge in [-0.05, 0) is 20.6 Å². The zero-order valence-corrected chi connectivity index (χ0v) is 7.72. The molecule has 1 atom stereocenters. The maximum absolute atomic E-state index is 5.23. The average Bonchev–Trinajstić information content (AvgIpc) is 1.87. The van der Waals surface area contributed by atoms with E-state index in [4.69, 9.17) is 6.42 Å². The molecule has 0 rings (SSSR count). The Morgan fingerprint density at radius 3 is 2.55 bits per heavy atom. The molecule has 1 N–H and O–H groups in total. The van der Waals surface area contributed by atoms with E-state index in [-0.39, 0.29) is 0 Å². The van der Waals surface area contributed by atoms with Crippen LogP contribution in [-0.4, -0.2) is 38.1 Å². The predicted molar refractivity (Wildman–Crippen MR) is 49.5 cm³/mol. The van der Waals surface area contributed by atoms with Crippen LogP contribution in [0.5, 0.6) is 0 Å². The molecule has 0 saturated heterocycles. The van der Waals surface area contributed by atoms with Crippen LogP contribution in [0.25, 0.3) is 0 Å². The van der Waals surface area contributed by atoms with Gasteiger partial charge in [-0.3, -0.25) is 0 Å². The molecule has 11 heavy (non-hydrogen) atoms. The first-order valence-corrected chi connectivity index (χ1v) is 4.02. The molecule has 0 aromatic rings. The highest BCUT2D eigenvalue weighted by atomic mass is 15.1. The third-order valence-corrected chi connectivity index (χ3v) is 1.44. The minimum absolute atomic E-state index is 0.444. The van der Waals surface area contributed by atoms with E-state index < -0.39 is 0 Å². The number of nitrogens with zero attached hydrogens (tertiary/aromatic N) is 1. The SMILES string of the molecule is C#CCC(CN(C)C)NCC. The Morgan fingerprint density at radius 1 is 1.55 bits per heavy atom. The van der Waals surface area contributed by atoms with E-state index in [0.717, 1.165) is 19.5 Å². The Bertz CT molecular complexity index is 124. The maximum atomic E-state index is 5.23. The minimum Gasteiger partial charge on any atom is -0.312 e. The van der Waals surface area contributed by atoms with Crippen LogP contribution in [0.3, 0.4) is 0 Å². The lowest BCUT2D eigenvalue weighted by molar-refractivity contribution is 0.343. The van der Waals surface area contributed by atoms with Crippen LogP contribution in [0.2, 0.25) is 0 Å². The number of hydrogen-bond donors (Lipinski definition) is 1. The fourth-order valence-corrected chi connectivity index (χ4v) is 1.07. The third kappa shape index (κ3) is 5.90. The van der Waals surface area contributed by atoms with Gasteiger partial charge in [0.15, 0.2) is 0 Å². The van der Waals surface area contributed by atoms with Gasteiger partial charge in [-0.1, -0.05) is 6.92 Å². The maximum Gasteiger partial charge on any atom is 0.0303 e. The largest absolute Gasteiger partial charge is 0.312 e. The summed E-state index contributed by atoms with van der Waals surface area (Å²) in [5.74, 6) is 2.67. The van der Waals surface area contributed by atoms with Crippen molar-refractivity contribution in [2.75, 3.05) is 27.2 Å². The van der Waals surface area contributed by atoms with Gasteiger partial charge in [0.2, 0.25) is 0 Å². The average molecular weight is 154 g/mol. The molecule has 0 fully saturated rings. The van der Waals surface area contributed by atoms with E-state index in [0.29, 0.717) is 6.04 Å². The predicted octanol–water partition coefficient (Wildman–Crippen LogP) is 0.549. The number of likely N-dealkylation sites (N-methyl/N-ethyl adjacent to an activating group) is 2. The van der Waals surface area contributed by atoms with Crippen molar-refractivity contribution in [3.05, 3.63) is 0 Å². The monoisotopic (exact) mass is 154 g/mol. The molecule has 64 valence electrons. The fourth-order valence-electron chi connectivity index (χ4n) is 1.07. The number of rotatable bonds is 5. The van der Waals surface area contributed by atoms with Crippen LogP contribution in [0.1, 0.15) is 13.3 Å². The Labute approximate surface area is 70.0 Å². The van der Waals surface area contributed by atoms with Crippen molar-refractivity contribution < 1.29 is 0 Å². The Hall–Kier alpha value is -0.520. The molecule has 1 unspecified atom stereocenters. The van der Waals surface area contributed by atoms with Crippen LogP contribution < -0.4 is 5.32 Å². The summed E-state index contributed by atoms with van der Waals surface area (Å²) in [6.45, 7) is 4.09. The lowest BCUT2D eigenvalue weighted by Crippen LogP contribution is -2.37. The zero-order chi connectivity index (χ0) is 8.69. The molecule has 0 radical (unpaired) electrons. The van der Waals surface area contributed by atoms with Crippen molar-refractivity contribution in [2.24, 2.45) is 0 Å². The van der Waals surface area contributed by atoms with Crippen LogP contribution >= 0.6 is 0 Å². The summed E-state index contributed by atoms with van der Waals surface area (Å²) in [7, 11) is 4.11. The summed E-state index contributed by atoms with van der Waals surface area (Å²) in [6, 6.07) is 0.444. The second-order valence-electron chi connectivity index (χ2n) is 2.93. The van der Waals surface area contributed by atoms with Gasteiger partial charge in [0, 0.05) is 19.0 Å². The van der Waals surface area contributed by atoms with Gasteiger partial charge in [0.25, 0.3) is 0 Å². The molecule has 0 bridgehead atoms. The molecule has 0 aromatic heterocycles. The van der Waals surface area contributed by atoms with Gasteiger partial charge < -0.3 is 10.2 Å². The van der Waals surface area contributed by atoms with Crippen molar-refractivity contribution >= 4 is 0 Å². The molecule has 0 aliphatic heterocycles. The van der Waals surface area contributed by atoms with Crippen molar-refractivity contribution in [3.63, 3.8) is 0 Å². The fraction of sp³-hybridized carbons (Fsp3) is 0.778. The lowest BCUT2D eigenvalue weighted by atomic mass is 10.2. The summed E-state index contributed by atoms with van der Waals surface area (Å²) < 4.78 is 0. The Balaban J connectivity index is 3.61. The van der Waals surface area contributed by atoms with Gasteiger partial charge in [-0.25, -0.2) is 0 Å². The highest BCUT2D eigenvalue weighted by Gasteiger charge is 2.05. The van der Waals surface area contributed by atoms with E-state index in [1.54, 1.807) is 0 Å². The van der Waals surface area contributed by atoms with Gasteiger partial charge in [-0.2, -0.15) is 0 Å². The summed E-state index contributed by atoms with van der Waals surface area (Å²) >= 11 is 0. The summed E-state index contributed by atoms with van der Waals surface area (Å²) in [5, 5.41) is 3.33. The smallest absolute Gasteiger partial charge is 0.0303 e. The standard InChI is InChI=1S/C9H18N2/c1-5-7-9(10-6-2)8-11(3)4/h1,9-10H,6-8H2,2-4H3.